The molecule has 0 fully saturated rings. The fourth-order valence-electron chi connectivity index (χ4n) is 1.81. The normalized spacial score (nSPS) is 10.1. The van der Waals surface area contributed by atoms with Gasteiger partial charge in [0.25, 0.3) is 0 Å². The third-order valence-electron chi connectivity index (χ3n) is 2.90. The number of nitrogens with one attached hydrogen (secondary N) is 2. The first kappa shape index (κ1) is 16.0. The van der Waals surface area contributed by atoms with Gasteiger partial charge in [-0.15, -0.1) is 0 Å². The Morgan fingerprint density at radius 2 is 1.77 bits per heavy atom. The monoisotopic (exact) mass is 320 g/mol. The Morgan fingerprint density at radius 1 is 1.05 bits per heavy atom. The van der Waals surface area contributed by atoms with E-state index in [9.17, 15) is 14.0 Å². The van der Waals surface area contributed by atoms with Crippen molar-refractivity contribution >= 4 is 29.1 Å². The third-order valence-corrected chi connectivity index (χ3v) is 3.15. The molecule has 0 atom stereocenters. The lowest BCUT2D eigenvalue weighted by atomic mass is 10.1. The van der Waals surface area contributed by atoms with Crippen molar-refractivity contribution in [2.24, 2.45) is 0 Å². The zero-order chi connectivity index (χ0) is 15.9. The zero-order valence-corrected chi connectivity index (χ0v) is 12.4. The van der Waals surface area contributed by atoms with Gasteiger partial charge in [0.1, 0.15) is 5.82 Å². The SMILES string of the molecule is O=C(NCCc1ccc(Cl)cc1)C(=O)Nc1cccc(F)c1. The van der Waals surface area contributed by atoms with Crippen molar-refractivity contribution < 1.29 is 14.0 Å². The second kappa shape index (κ2) is 7.56. The summed E-state index contributed by atoms with van der Waals surface area (Å²) in [4.78, 5) is 23.3. The molecule has 4 nitrogen and oxygen atoms in total. The second-order valence-electron chi connectivity index (χ2n) is 4.60. The molecule has 2 N–H and O–H groups in total. The minimum absolute atomic E-state index is 0.234. The Morgan fingerprint density at radius 3 is 2.45 bits per heavy atom. The quantitative estimate of drug-likeness (QED) is 0.851. The first-order valence-electron chi connectivity index (χ1n) is 6.64. The van der Waals surface area contributed by atoms with E-state index in [4.69, 9.17) is 11.6 Å². The number of rotatable bonds is 4. The van der Waals surface area contributed by atoms with Gasteiger partial charge in [-0.2, -0.15) is 0 Å². The van der Waals surface area contributed by atoms with Crippen molar-refractivity contribution in [3.63, 3.8) is 0 Å². The van der Waals surface area contributed by atoms with E-state index >= 15 is 0 Å². The van der Waals surface area contributed by atoms with Crippen molar-refractivity contribution in [3.05, 3.63) is 64.9 Å². The predicted octanol–water partition coefficient (Wildman–Crippen LogP) is 2.78. The summed E-state index contributed by atoms with van der Waals surface area (Å²) in [5, 5.41) is 5.47. The number of carbonyl (C=O) groups is 2. The molecule has 0 heterocycles. The molecule has 0 aliphatic heterocycles. The van der Waals surface area contributed by atoms with E-state index in [1.54, 1.807) is 12.1 Å². The number of halogens is 2. The highest BCUT2D eigenvalue weighted by Gasteiger charge is 2.13. The minimum atomic E-state index is -0.832. The maximum Gasteiger partial charge on any atom is 0.313 e. The first-order chi connectivity index (χ1) is 10.5. The van der Waals surface area contributed by atoms with Gasteiger partial charge in [0.2, 0.25) is 0 Å². The van der Waals surface area contributed by atoms with E-state index in [0.717, 1.165) is 11.6 Å². The van der Waals surface area contributed by atoms with Gasteiger partial charge in [-0.05, 0) is 42.3 Å². The van der Waals surface area contributed by atoms with Crippen molar-refractivity contribution in [1.82, 2.24) is 5.32 Å². The van der Waals surface area contributed by atoms with Crippen LogP contribution in [0.2, 0.25) is 5.02 Å². The molecule has 2 amide bonds. The average Bonchev–Trinajstić information content (AvgIpc) is 2.49. The highest BCUT2D eigenvalue weighted by atomic mass is 35.5. The van der Waals surface area contributed by atoms with Crippen LogP contribution in [0.1, 0.15) is 5.56 Å². The van der Waals surface area contributed by atoms with Gasteiger partial charge in [0.15, 0.2) is 0 Å². The maximum atomic E-state index is 13.0. The van der Waals surface area contributed by atoms with E-state index in [1.807, 2.05) is 12.1 Å². The maximum absolute atomic E-state index is 13.0. The molecule has 0 saturated carbocycles. The summed E-state index contributed by atoms with van der Waals surface area (Å²) in [5.74, 6) is -2.08. The number of hydrogen-bond donors (Lipinski definition) is 2. The van der Waals surface area contributed by atoms with Gasteiger partial charge in [-0.25, -0.2) is 4.39 Å². The molecule has 0 saturated heterocycles. The Kier molecular flexibility index (Phi) is 5.49. The number of anilines is 1. The number of hydrogen-bond acceptors (Lipinski definition) is 2. The molecule has 0 radical (unpaired) electrons. The Hall–Kier alpha value is -2.40. The molecule has 6 heteroatoms. The summed E-state index contributed by atoms with van der Waals surface area (Å²) >= 11 is 5.78. The van der Waals surface area contributed by atoms with Crippen LogP contribution in [0.15, 0.2) is 48.5 Å². The molecule has 114 valence electrons. The van der Waals surface area contributed by atoms with Crippen LogP contribution >= 0.6 is 11.6 Å². The summed E-state index contributed by atoms with van der Waals surface area (Å²) in [6.07, 6.45) is 0.580. The van der Waals surface area contributed by atoms with Crippen LogP contribution in [0.3, 0.4) is 0 Å². The first-order valence-corrected chi connectivity index (χ1v) is 7.01. The number of amides is 2. The lowest BCUT2D eigenvalue weighted by Crippen LogP contribution is -2.36. The molecule has 0 aliphatic rings. The topological polar surface area (TPSA) is 58.2 Å². The molecule has 2 aromatic rings. The molecule has 0 aliphatic carbocycles. The highest BCUT2D eigenvalue weighted by Crippen LogP contribution is 2.10. The zero-order valence-electron chi connectivity index (χ0n) is 11.6. The Balaban J connectivity index is 1.79. The van der Waals surface area contributed by atoms with Crippen LogP contribution < -0.4 is 10.6 Å². The lowest BCUT2D eigenvalue weighted by molar-refractivity contribution is -0.136. The van der Waals surface area contributed by atoms with Gasteiger partial charge in [-0.3, -0.25) is 9.59 Å². The average molecular weight is 321 g/mol. The van der Waals surface area contributed by atoms with E-state index in [1.165, 1.54) is 18.2 Å². The Bertz CT molecular complexity index is 674. The molecule has 0 bridgehead atoms. The van der Waals surface area contributed by atoms with Gasteiger partial charge in [0, 0.05) is 17.3 Å². The molecular formula is C16H14ClFN2O2. The molecule has 0 unspecified atom stereocenters. The predicted molar refractivity (Wildman–Crippen MR) is 83.2 cm³/mol. The molecule has 0 aromatic heterocycles. The van der Waals surface area contributed by atoms with Crippen LogP contribution in [-0.4, -0.2) is 18.4 Å². The van der Waals surface area contributed by atoms with Crippen LogP contribution in [0, 0.1) is 5.82 Å². The lowest BCUT2D eigenvalue weighted by Gasteiger charge is -2.07. The van der Waals surface area contributed by atoms with Gasteiger partial charge >= 0.3 is 11.8 Å². The molecule has 2 rings (SSSR count). The molecule has 22 heavy (non-hydrogen) atoms. The van der Waals surface area contributed by atoms with E-state index in [-0.39, 0.29) is 5.69 Å². The summed E-state index contributed by atoms with van der Waals surface area (Å²) in [5.41, 5.74) is 1.23. The fraction of sp³-hybridized carbons (Fsp3) is 0.125. The fourth-order valence-corrected chi connectivity index (χ4v) is 1.93. The third kappa shape index (κ3) is 4.86. The van der Waals surface area contributed by atoms with E-state index < -0.39 is 17.6 Å². The molecule has 2 aromatic carbocycles. The van der Waals surface area contributed by atoms with Crippen molar-refractivity contribution in [2.75, 3.05) is 11.9 Å². The van der Waals surface area contributed by atoms with Crippen molar-refractivity contribution in [1.29, 1.82) is 0 Å². The second-order valence-corrected chi connectivity index (χ2v) is 5.03. The highest BCUT2D eigenvalue weighted by molar-refractivity contribution is 6.39. The van der Waals surface area contributed by atoms with Crippen molar-refractivity contribution in [2.45, 2.75) is 6.42 Å². The number of carbonyl (C=O) groups excluding carboxylic acids is 2. The van der Waals surface area contributed by atoms with E-state index in [0.29, 0.717) is 18.0 Å². The molecular weight excluding hydrogens is 307 g/mol. The minimum Gasteiger partial charge on any atom is -0.347 e. The summed E-state index contributed by atoms with van der Waals surface area (Å²) in [7, 11) is 0. The van der Waals surface area contributed by atoms with Crippen LogP contribution in [-0.2, 0) is 16.0 Å². The van der Waals surface area contributed by atoms with E-state index in [2.05, 4.69) is 10.6 Å². The Labute approximate surface area is 132 Å². The standard InChI is InChI=1S/C16H14ClFN2O2/c17-12-6-4-11(5-7-12)8-9-19-15(21)16(22)20-14-3-1-2-13(18)10-14/h1-7,10H,8-9H2,(H,19,21)(H,20,22). The van der Waals surface area contributed by atoms with Gasteiger partial charge in [-0.1, -0.05) is 29.8 Å². The summed E-state index contributed by atoms with van der Waals surface area (Å²) in [6, 6.07) is 12.6. The molecule has 0 spiro atoms. The largest absolute Gasteiger partial charge is 0.347 e. The number of benzene rings is 2. The van der Waals surface area contributed by atoms with Crippen LogP contribution in [0.25, 0.3) is 0 Å². The summed E-state index contributed by atoms with van der Waals surface area (Å²) in [6.45, 7) is 0.317. The van der Waals surface area contributed by atoms with Crippen molar-refractivity contribution in [3.8, 4) is 0 Å². The van der Waals surface area contributed by atoms with Gasteiger partial charge < -0.3 is 10.6 Å². The van der Waals surface area contributed by atoms with Crippen LogP contribution in [0.5, 0.6) is 0 Å². The smallest absolute Gasteiger partial charge is 0.313 e. The van der Waals surface area contributed by atoms with Crippen LogP contribution in [0.4, 0.5) is 10.1 Å². The summed E-state index contributed by atoms with van der Waals surface area (Å²) < 4.78 is 13.0. The van der Waals surface area contributed by atoms with Gasteiger partial charge in [0.05, 0.1) is 0 Å².